The van der Waals surface area contributed by atoms with Crippen LogP contribution in [0.3, 0.4) is 0 Å². The zero-order valence-corrected chi connectivity index (χ0v) is 12.4. The van der Waals surface area contributed by atoms with Crippen LogP contribution in [0.2, 0.25) is 0 Å². The number of hydrogen-bond donors (Lipinski definition) is 3. The number of rotatable bonds is 5. The Balaban J connectivity index is 2.09. The first-order chi connectivity index (χ1) is 10.1. The van der Waals surface area contributed by atoms with E-state index < -0.39 is 5.91 Å². The van der Waals surface area contributed by atoms with E-state index in [4.69, 9.17) is 5.73 Å². The Labute approximate surface area is 125 Å². The van der Waals surface area contributed by atoms with E-state index in [0.29, 0.717) is 11.3 Å². The largest absolute Gasteiger partial charge is 0.366 e. The quantitative estimate of drug-likeness (QED) is 0.774. The normalized spacial score (nSPS) is 17.2. The van der Waals surface area contributed by atoms with E-state index in [1.165, 1.54) is 0 Å². The third kappa shape index (κ3) is 3.61. The second kappa shape index (κ2) is 6.72. The molecule has 4 N–H and O–H groups in total. The van der Waals surface area contributed by atoms with Gasteiger partial charge in [-0.2, -0.15) is 0 Å². The average molecular weight is 289 g/mol. The lowest BCUT2D eigenvalue weighted by molar-refractivity contribution is -0.127. The zero-order valence-electron chi connectivity index (χ0n) is 12.4. The van der Waals surface area contributed by atoms with Crippen LogP contribution >= 0.6 is 0 Å². The summed E-state index contributed by atoms with van der Waals surface area (Å²) in [6.45, 7) is 3.88. The molecule has 0 spiro atoms. The van der Waals surface area contributed by atoms with Crippen LogP contribution in [0.25, 0.3) is 0 Å². The fourth-order valence-electron chi connectivity index (χ4n) is 2.96. The molecule has 0 radical (unpaired) electrons. The van der Waals surface area contributed by atoms with Crippen molar-refractivity contribution in [1.29, 1.82) is 0 Å². The van der Waals surface area contributed by atoms with Crippen LogP contribution in [0, 0.1) is 5.41 Å². The molecule has 0 aliphatic carbocycles. The van der Waals surface area contributed by atoms with E-state index in [1.807, 2.05) is 0 Å². The van der Waals surface area contributed by atoms with E-state index in [1.54, 1.807) is 24.3 Å². The van der Waals surface area contributed by atoms with Gasteiger partial charge in [0.1, 0.15) is 0 Å². The lowest BCUT2D eigenvalue weighted by Crippen LogP contribution is -2.44. The maximum Gasteiger partial charge on any atom is 0.248 e. The Morgan fingerprint density at radius 2 is 1.86 bits per heavy atom. The summed E-state index contributed by atoms with van der Waals surface area (Å²) in [6.07, 6.45) is 3.63. The maximum absolute atomic E-state index is 12.7. The molecule has 0 unspecified atom stereocenters. The highest BCUT2D eigenvalue weighted by Crippen LogP contribution is 2.35. The summed E-state index contributed by atoms with van der Waals surface area (Å²) in [5, 5.41) is 6.29. The van der Waals surface area contributed by atoms with Gasteiger partial charge >= 0.3 is 0 Å². The summed E-state index contributed by atoms with van der Waals surface area (Å²) >= 11 is 0. The number of carbonyl (C=O) groups is 2. The van der Waals surface area contributed by atoms with Gasteiger partial charge in [-0.25, -0.2) is 0 Å². The van der Waals surface area contributed by atoms with Crippen molar-refractivity contribution in [2.75, 3.05) is 18.4 Å². The highest BCUT2D eigenvalue weighted by atomic mass is 16.2. The first kappa shape index (κ1) is 15.5. The molecule has 2 amide bonds. The number of nitrogens with one attached hydrogen (secondary N) is 2. The number of primary amides is 1. The smallest absolute Gasteiger partial charge is 0.248 e. The first-order valence-corrected chi connectivity index (χ1v) is 7.49. The average Bonchev–Trinajstić information content (AvgIpc) is 2.49. The van der Waals surface area contributed by atoms with Crippen molar-refractivity contribution >= 4 is 17.5 Å². The minimum Gasteiger partial charge on any atom is -0.366 e. The van der Waals surface area contributed by atoms with Crippen LogP contribution < -0.4 is 16.4 Å². The van der Waals surface area contributed by atoms with Crippen molar-refractivity contribution in [3.05, 3.63) is 29.8 Å². The van der Waals surface area contributed by atoms with Crippen molar-refractivity contribution in [2.24, 2.45) is 11.1 Å². The standard InChI is InChI=1S/C16H23N3O2/c1-2-7-16(8-10-18-11-9-16)15(21)19-13-5-3-12(4-6-13)14(17)20/h3-6,18H,2,7-11H2,1H3,(H2,17,20)(H,19,21). The first-order valence-electron chi connectivity index (χ1n) is 7.49. The minimum atomic E-state index is -0.464. The van der Waals surface area contributed by atoms with Crippen LogP contribution in [0.15, 0.2) is 24.3 Å². The molecule has 1 saturated heterocycles. The summed E-state index contributed by atoms with van der Waals surface area (Å²) in [5.74, 6) is -0.383. The molecule has 1 heterocycles. The van der Waals surface area contributed by atoms with Gasteiger partial charge in [0.2, 0.25) is 11.8 Å². The summed E-state index contributed by atoms with van der Waals surface area (Å²) in [5.41, 5.74) is 6.08. The summed E-state index contributed by atoms with van der Waals surface area (Å²) in [4.78, 5) is 23.7. The van der Waals surface area contributed by atoms with Crippen LogP contribution in [0.1, 0.15) is 43.0 Å². The third-order valence-electron chi connectivity index (χ3n) is 4.20. The number of carbonyl (C=O) groups excluding carboxylic acids is 2. The lowest BCUT2D eigenvalue weighted by atomic mass is 9.74. The topological polar surface area (TPSA) is 84.2 Å². The van der Waals surface area contributed by atoms with Crippen molar-refractivity contribution in [3.63, 3.8) is 0 Å². The van der Waals surface area contributed by atoms with Crippen LogP contribution in [-0.2, 0) is 4.79 Å². The Kier molecular flexibility index (Phi) is 4.96. The minimum absolute atomic E-state index is 0.0812. The number of piperidine rings is 1. The van der Waals surface area contributed by atoms with E-state index in [0.717, 1.165) is 38.8 Å². The number of amides is 2. The molecule has 1 aromatic carbocycles. The molecule has 5 heteroatoms. The van der Waals surface area contributed by atoms with Gasteiger partial charge in [0, 0.05) is 11.3 Å². The summed E-state index contributed by atoms with van der Waals surface area (Å²) in [7, 11) is 0. The summed E-state index contributed by atoms with van der Waals surface area (Å²) < 4.78 is 0. The Bertz CT molecular complexity index is 499. The van der Waals surface area contributed by atoms with Gasteiger partial charge in [-0.1, -0.05) is 13.3 Å². The number of hydrogen-bond acceptors (Lipinski definition) is 3. The molecule has 21 heavy (non-hydrogen) atoms. The van der Waals surface area contributed by atoms with Crippen molar-refractivity contribution in [3.8, 4) is 0 Å². The van der Waals surface area contributed by atoms with Gasteiger partial charge in [0.05, 0.1) is 5.41 Å². The SMILES string of the molecule is CCCC1(C(=O)Nc2ccc(C(N)=O)cc2)CCNCC1. The number of anilines is 1. The van der Waals surface area contributed by atoms with Crippen molar-refractivity contribution in [1.82, 2.24) is 5.32 Å². The van der Waals surface area contributed by atoms with E-state index >= 15 is 0 Å². The van der Waals surface area contributed by atoms with Gasteiger partial charge in [-0.15, -0.1) is 0 Å². The van der Waals surface area contributed by atoms with Crippen molar-refractivity contribution < 1.29 is 9.59 Å². The molecule has 1 aliphatic rings. The molecular weight excluding hydrogens is 266 g/mol. The van der Waals surface area contributed by atoms with E-state index in [-0.39, 0.29) is 11.3 Å². The van der Waals surface area contributed by atoms with Gasteiger partial charge in [0.25, 0.3) is 0 Å². The van der Waals surface area contributed by atoms with Crippen molar-refractivity contribution in [2.45, 2.75) is 32.6 Å². The lowest BCUT2D eigenvalue weighted by Gasteiger charge is -2.36. The predicted molar refractivity (Wildman–Crippen MR) is 83.0 cm³/mol. The molecule has 1 fully saturated rings. The highest BCUT2D eigenvalue weighted by Gasteiger charge is 2.38. The predicted octanol–water partition coefficient (Wildman–Crippen LogP) is 1.89. The number of nitrogens with two attached hydrogens (primary N) is 1. The molecular formula is C16H23N3O2. The van der Waals surface area contributed by atoms with Crippen LogP contribution in [0.5, 0.6) is 0 Å². The Morgan fingerprint density at radius 3 is 2.38 bits per heavy atom. The number of benzene rings is 1. The van der Waals surface area contributed by atoms with Gasteiger partial charge in [-0.3, -0.25) is 9.59 Å². The summed E-state index contributed by atoms with van der Waals surface area (Å²) in [6, 6.07) is 6.71. The van der Waals surface area contributed by atoms with Crippen LogP contribution in [-0.4, -0.2) is 24.9 Å². The maximum atomic E-state index is 12.7. The molecule has 1 aliphatic heterocycles. The molecule has 114 valence electrons. The monoisotopic (exact) mass is 289 g/mol. The fourth-order valence-corrected chi connectivity index (χ4v) is 2.96. The highest BCUT2D eigenvalue weighted by molar-refractivity contribution is 5.97. The van der Waals surface area contributed by atoms with Gasteiger partial charge in [0.15, 0.2) is 0 Å². The zero-order chi connectivity index (χ0) is 15.3. The molecule has 5 nitrogen and oxygen atoms in total. The van der Waals surface area contributed by atoms with E-state index in [2.05, 4.69) is 17.6 Å². The van der Waals surface area contributed by atoms with E-state index in [9.17, 15) is 9.59 Å². The second-order valence-corrected chi connectivity index (χ2v) is 5.68. The Hall–Kier alpha value is -1.88. The molecule has 0 aromatic heterocycles. The third-order valence-corrected chi connectivity index (χ3v) is 4.20. The Morgan fingerprint density at radius 1 is 1.24 bits per heavy atom. The molecule has 1 aromatic rings. The van der Waals surface area contributed by atoms with Gasteiger partial charge < -0.3 is 16.4 Å². The molecule has 0 saturated carbocycles. The molecule has 0 atom stereocenters. The second-order valence-electron chi connectivity index (χ2n) is 5.68. The molecule has 0 bridgehead atoms. The van der Waals surface area contributed by atoms with Crippen LogP contribution in [0.4, 0.5) is 5.69 Å². The fraction of sp³-hybridized carbons (Fsp3) is 0.500. The molecule has 2 rings (SSSR count). The van der Waals surface area contributed by atoms with Gasteiger partial charge in [-0.05, 0) is 56.6 Å².